The Morgan fingerprint density at radius 3 is 2.11 bits per heavy atom. The van der Waals surface area contributed by atoms with Gasteiger partial charge in [-0.25, -0.2) is 4.98 Å². The highest BCUT2D eigenvalue weighted by Crippen LogP contribution is 2.37. The fourth-order valence-electron chi connectivity index (χ4n) is 1.56. The van der Waals surface area contributed by atoms with Gasteiger partial charge in [0.1, 0.15) is 0 Å². The molecule has 0 fully saturated rings. The number of hydrogen-bond donors (Lipinski definition) is 0. The molecule has 0 spiro atoms. The second-order valence-electron chi connectivity index (χ2n) is 3.70. The molecular formula is C11H6F6N2. The summed E-state index contributed by atoms with van der Waals surface area (Å²) < 4.78 is 76.7. The molecule has 1 aromatic heterocycles. The maximum absolute atomic E-state index is 12.8. The van der Waals surface area contributed by atoms with E-state index < -0.39 is 29.2 Å². The van der Waals surface area contributed by atoms with Gasteiger partial charge in [0.25, 0.3) is 0 Å². The lowest BCUT2D eigenvalue weighted by Crippen LogP contribution is -2.13. The molecule has 2 aromatic rings. The zero-order chi connectivity index (χ0) is 14.3. The predicted octanol–water partition coefficient (Wildman–Crippen LogP) is 3.91. The predicted molar refractivity (Wildman–Crippen MR) is 53.6 cm³/mol. The van der Waals surface area contributed by atoms with Crippen molar-refractivity contribution in [2.45, 2.75) is 12.4 Å². The molecule has 0 N–H and O–H groups in total. The van der Waals surface area contributed by atoms with Crippen LogP contribution < -0.4 is 0 Å². The summed E-state index contributed by atoms with van der Waals surface area (Å²) in [6.45, 7) is 0. The van der Waals surface area contributed by atoms with Crippen molar-refractivity contribution in [3.63, 3.8) is 0 Å². The Morgan fingerprint density at radius 1 is 0.947 bits per heavy atom. The monoisotopic (exact) mass is 280 g/mol. The molecule has 2 nitrogen and oxygen atoms in total. The standard InChI is InChI=1S/C11H6F6N2/c12-10(13,14)7-1-2-8(11(15,16)17)9(5-7)19-4-3-18-6-19/h1-6H. The Labute approximate surface area is 103 Å². The van der Waals surface area contributed by atoms with E-state index in [9.17, 15) is 26.3 Å². The van der Waals surface area contributed by atoms with Crippen LogP contribution in [0.1, 0.15) is 11.1 Å². The summed E-state index contributed by atoms with van der Waals surface area (Å²) in [5.74, 6) is 0. The molecule has 0 aliphatic rings. The molecular weight excluding hydrogens is 274 g/mol. The maximum atomic E-state index is 12.8. The minimum atomic E-state index is -4.75. The third-order valence-corrected chi connectivity index (χ3v) is 2.41. The summed E-state index contributed by atoms with van der Waals surface area (Å²) >= 11 is 0. The van der Waals surface area contributed by atoms with E-state index in [1.165, 1.54) is 6.20 Å². The number of aromatic nitrogens is 2. The SMILES string of the molecule is FC(F)(F)c1ccc(C(F)(F)F)c(-n2ccnc2)c1. The molecule has 0 aliphatic heterocycles. The molecule has 2 rings (SSSR count). The molecule has 0 radical (unpaired) electrons. The van der Waals surface area contributed by atoms with Gasteiger partial charge < -0.3 is 4.57 Å². The average molecular weight is 280 g/mol. The summed E-state index contributed by atoms with van der Waals surface area (Å²) in [4.78, 5) is 3.53. The number of halogens is 6. The van der Waals surface area contributed by atoms with Crippen LogP contribution in [0, 0.1) is 0 Å². The van der Waals surface area contributed by atoms with Gasteiger partial charge in [0, 0.05) is 12.4 Å². The molecule has 1 heterocycles. The molecule has 0 saturated carbocycles. The molecule has 0 aliphatic carbocycles. The van der Waals surface area contributed by atoms with E-state index in [1.54, 1.807) is 0 Å². The lowest BCUT2D eigenvalue weighted by atomic mass is 10.1. The second kappa shape index (κ2) is 4.29. The van der Waals surface area contributed by atoms with Crippen LogP contribution >= 0.6 is 0 Å². The first-order chi connectivity index (χ1) is 8.69. The van der Waals surface area contributed by atoms with Crippen LogP contribution in [0.4, 0.5) is 26.3 Å². The van der Waals surface area contributed by atoms with Crippen LogP contribution in [0.3, 0.4) is 0 Å². The first kappa shape index (κ1) is 13.4. The zero-order valence-corrected chi connectivity index (χ0v) is 9.13. The Hall–Kier alpha value is -1.99. The highest BCUT2D eigenvalue weighted by molar-refractivity contribution is 5.46. The van der Waals surface area contributed by atoms with Crippen molar-refractivity contribution in [2.24, 2.45) is 0 Å². The van der Waals surface area contributed by atoms with Crippen molar-refractivity contribution < 1.29 is 26.3 Å². The first-order valence-corrected chi connectivity index (χ1v) is 4.96. The van der Waals surface area contributed by atoms with Crippen molar-refractivity contribution in [3.8, 4) is 5.69 Å². The van der Waals surface area contributed by atoms with Gasteiger partial charge >= 0.3 is 12.4 Å². The van der Waals surface area contributed by atoms with E-state index in [1.807, 2.05) is 0 Å². The van der Waals surface area contributed by atoms with E-state index >= 15 is 0 Å². The number of hydrogen-bond acceptors (Lipinski definition) is 1. The van der Waals surface area contributed by atoms with E-state index in [2.05, 4.69) is 4.98 Å². The quantitative estimate of drug-likeness (QED) is 0.724. The third-order valence-electron chi connectivity index (χ3n) is 2.41. The van der Waals surface area contributed by atoms with E-state index in [4.69, 9.17) is 0 Å². The molecule has 19 heavy (non-hydrogen) atoms. The number of rotatable bonds is 1. The van der Waals surface area contributed by atoms with Gasteiger partial charge in [-0.05, 0) is 18.2 Å². The zero-order valence-electron chi connectivity index (χ0n) is 9.13. The molecule has 0 atom stereocenters. The molecule has 0 bridgehead atoms. The van der Waals surface area contributed by atoms with Crippen LogP contribution in [-0.2, 0) is 12.4 Å². The summed E-state index contributed by atoms with van der Waals surface area (Å²) in [7, 11) is 0. The van der Waals surface area contributed by atoms with E-state index in [0.29, 0.717) is 18.2 Å². The Morgan fingerprint density at radius 2 is 1.63 bits per heavy atom. The molecule has 0 amide bonds. The van der Waals surface area contributed by atoms with Gasteiger partial charge in [-0.3, -0.25) is 0 Å². The number of benzene rings is 1. The van der Waals surface area contributed by atoms with Gasteiger partial charge in [-0.2, -0.15) is 26.3 Å². The molecule has 102 valence electrons. The van der Waals surface area contributed by atoms with Crippen molar-refractivity contribution in [1.29, 1.82) is 0 Å². The summed E-state index contributed by atoms with van der Waals surface area (Å²) in [5.41, 5.74) is -2.91. The lowest BCUT2D eigenvalue weighted by Gasteiger charge is -2.16. The Balaban J connectivity index is 2.65. The van der Waals surface area contributed by atoms with Crippen molar-refractivity contribution in [2.75, 3.05) is 0 Å². The minimum absolute atomic E-state index is 0.406. The van der Waals surface area contributed by atoms with E-state index in [-0.39, 0.29) is 0 Å². The average Bonchev–Trinajstić information content (AvgIpc) is 2.79. The smallest absolute Gasteiger partial charge is 0.306 e. The maximum Gasteiger partial charge on any atom is 0.418 e. The van der Waals surface area contributed by atoms with Crippen LogP contribution in [0.2, 0.25) is 0 Å². The van der Waals surface area contributed by atoms with Crippen molar-refractivity contribution >= 4 is 0 Å². The van der Waals surface area contributed by atoms with Gasteiger partial charge in [-0.1, -0.05) is 0 Å². The highest BCUT2D eigenvalue weighted by atomic mass is 19.4. The molecule has 0 unspecified atom stereocenters. The highest BCUT2D eigenvalue weighted by Gasteiger charge is 2.37. The topological polar surface area (TPSA) is 17.8 Å². The number of alkyl halides is 6. The number of imidazole rings is 1. The first-order valence-electron chi connectivity index (χ1n) is 4.96. The fourth-order valence-corrected chi connectivity index (χ4v) is 1.56. The van der Waals surface area contributed by atoms with Gasteiger partial charge in [0.05, 0.1) is 23.1 Å². The normalized spacial score (nSPS) is 12.7. The lowest BCUT2D eigenvalue weighted by molar-refractivity contribution is -0.141. The van der Waals surface area contributed by atoms with Crippen molar-refractivity contribution in [1.82, 2.24) is 9.55 Å². The molecule has 1 aromatic carbocycles. The van der Waals surface area contributed by atoms with Crippen molar-refractivity contribution in [3.05, 3.63) is 48.0 Å². The van der Waals surface area contributed by atoms with Gasteiger partial charge in [-0.15, -0.1) is 0 Å². The van der Waals surface area contributed by atoms with Crippen LogP contribution in [0.25, 0.3) is 5.69 Å². The fraction of sp³-hybridized carbons (Fsp3) is 0.182. The largest absolute Gasteiger partial charge is 0.418 e. The number of nitrogens with zero attached hydrogens (tertiary/aromatic N) is 2. The summed E-state index contributed by atoms with van der Waals surface area (Å²) in [5, 5.41) is 0. The van der Waals surface area contributed by atoms with Crippen LogP contribution in [0.5, 0.6) is 0 Å². The summed E-state index contributed by atoms with van der Waals surface area (Å²) in [6.07, 6.45) is -6.13. The second-order valence-corrected chi connectivity index (χ2v) is 3.70. The Kier molecular flexibility index (Phi) is 3.03. The van der Waals surface area contributed by atoms with E-state index in [0.717, 1.165) is 17.1 Å². The van der Waals surface area contributed by atoms with Crippen LogP contribution in [0.15, 0.2) is 36.9 Å². The third kappa shape index (κ3) is 2.72. The van der Waals surface area contributed by atoms with Gasteiger partial charge in [0.15, 0.2) is 0 Å². The van der Waals surface area contributed by atoms with Gasteiger partial charge in [0.2, 0.25) is 0 Å². The van der Waals surface area contributed by atoms with Crippen LogP contribution in [-0.4, -0.2) is 9.55 Å². The summed E-state index contributed by atoms with van der Waals surface area (Å²) in [6, 6.07) is 1.27. The molecule has 0 saturated heterocycles. The molecule has 8 heteroatoms. The minimum Gasteiger partial charge on any atom is -0.306 e. The Bertz CT molecular complexity index is 568.